The second-order valence-electron chi connectivity index (χ2n) is 11.4. The first-order valence-corrected chi connectivity index (χ1v) is 15.0. The lowest BCUT2D eigenvalue weighted by atomic mass is 10.00. The van der Waals surface area contributed by atoms with Crippen LogP contribution in [0.4, 0.5) is 17.1 Å². The van der Waals surface area contributed by atoms with Crippen molar-refractivity contribution in [2.75, 3.05) is 4.90 Å². The van der Waals surface area contributed by atoms with Gasteiger partial charge in [0, 0.05) is 27.8 Å². The maximum Gasteiger partial charge on any atom is 0.136 e. The zero-order valence-electron chi connectivity index (χ0n) is 23.9. The van der Waals surface area contributed by atoms with Crippen molar-refractivity contribution in [3.8, 4) is 11.1 Å². The van der Waals surface area contributed by atoms with Crippen molar-refractivity contribution in [3.63, 3.8) is 0 Å². The molecule has 0 radical (unpaired) electrons. The summed E-state index contributed by atoms with van der Waals surface area (Å²) in [5.74, 6) is 0. The molecular formula is C42H27NO. The lowest BCUT2D eigenvalue weighted by molar-refractivity contribution is 0.669. The van der Waals surface area contributed by atoms with Gasteiger partial charge in [0.1, 0.15) is 11.2 Å². The van der Waals surface area contributed by atoms with Gasteiger partial charge in [-0.05, 0) is 92.0 Å². The van der Waals surface area contributed by atoms with E-state index in [1.54, 1.807) is 0 Å². The van der Waals surface area contributed by atoms with Gasteiger partial charge in [-0.1, -0.05) is 115 Å². The predicted molar refractivity (Wildman–Crippen MR) is 186 cm³/mol. The molecule has 0 unspecified atom stereocenters. The molecule has 1 heterocycles. The highest BCUT2D eigenvalue weighted by Crippen LogP contribution is 2.41. The number of para-hydroxylation sites is 1. The molecule has 0 aliphatic carbocycles. The van der Waals surface area contributed by atoms with Gasteiger partial charge in [0.15, 0.2) is 0 Å². The van der Waals surface area contributed by atoms with Crippen LogP contribution in [0.15, 0.2) is 168 Å². The molecule has 9 aromatic rings. The summed E-state index contributed by atoms with van der Waals surface area (Å²) >= 11 is 0. The van der Waals surface area contributed by atoms with E-state index in [-0.39, 0.29) is 0 Å². The van der Waals surface area contributed by atoms with Crippen LogP contribution in [0.3, 0.4) is 0 Å². The molecule has 0 fully saturated rings. The van der Waals surface area contributed by atoms with E-state index in [0.717, 1.165) is 39.0 Å². The Kier molecular flexibility index (Phi) is 5.54. The van der Waals surface area contributed by atoms with Crippen LogP contribution < -0.4 is 4.90 Å². The van der Waals surface area contributed by atoms with Gasteiger partial charge in [0.25, 0.3) is 0 Å². The van der Waals surface area contributed by atoms with E-state index < -0.39 is 0 Å². The maximum atomic E-state index is 6.26. The first kappa shape index (κ1) is 24.7. The highest BCUT2D eigenvalue weighted by atomic mass is 16.3. The number of furan rings is 1. The third-order valence-corrected chi connectivity index (χ3v) is 8.82. The van der Waals surface area contributed by atoms with Crippen LogP contribution in [0.25, 0.3) is 65.4 Å². The minimum absolute atomic E-state index is 0.909. The third kappa shape index (κ3) is 3.96. The number of fused-ring (bicyclic) bond motifs is 8. The molecule has 0 N–H and O–H groups in total. The quantitative estimate of drug-likeness (QED) is 0.199. The molecule has 0 saturated heterocycles. The van der Waals surface area contributed by atoms with Gasteiger partial charge in [-0.25, -0.2) is 0 Å². The second kappa shape index (κ2) is 9.86. The Bertz CT molecular complexity index is 2490. The first-order chi connectivity index (χ1) is 21.8. The highest BCUT2D eigenvalue weighted by molar-refractivity contribution is 6.19. The van der Waals surface area contributed by atoms with Gasteiger partial charge in [-0.15, -0.1) is 0 Å². The summed E-state index contributed by atoms with van der Waals surface area (Å²) in [5.41, 5.74) is 7.55. The van der Waals surface area contributed by atoms with Gasteiger partial charge in [-0.2, -0.15) is 0 Å². The molecule has 0 amide bonds. The maximum absolute atomic E-state index is 6.26. The minimum Gasteiger partial charge on any atom is -0.456 e. The molecule has 44 heavy (non-hydrogen) atoms. The van der Waals surface area contributed by atoms with Crippen molar-refractivity contribution in [2.24, 2.45) is 0 Å². The SMILES string of the molecule is c1ccc(-c2ccc(N(c3ccc4c(ccc5ccccc54)c3)c3ccc4ccc5oc6ccccc6c5c4c3)cc2)cc1. The molecule has 0 bridgehead atoms. The molecule has 8 aromatic carbocycles. The smallest absolute Gasteiger partial charge is 0.136 e. The number of rotatable bonds is 4. The van der Waals surface area contributed by atoms with Crippen molar-refractivity contribution in [1.82, 2.24) is 0 Å². The summed E-state index contributed by atoms with van der Waals surface area (Å²) in [7, 11) is 0. The topological polar surface area (TPSA) is 16.4 Å². The molecule has 0 aliphatic heterocycles. The van der Waals surface area contributed by atoms with Crippen molar-refractivity contribution in [3.05, 3.63) is 164 Å². The monoisotopic (exact) mass is 561 g/mol. The lowest BCUT2D eigenvalue weighted by Gasteiger charge is -2.26. The summed E-state index contributed by atoms with van der Waals surface area (Å²) in [6, 6.07) is 58.6. The molecule has 9 rings (SSSR count). The largest absolute Gasteiger partial charge is 0.456 e. The number of nitrogens with zero attached hydrogens (tertiary/aromatic N) is 1. The van der Waals surface area contributed by atoms with Gasteiger partial charge in [0.2, 0.25) is 0 Å². The fourth-order valence-corrected chi connectivity index (χ4v) is 6.69. The van der Waals surface area contributed by atoms with E-state index in [1.807, 2.05) is 12.1 Å². The van der Waals surface area contributed by atoms with E-state index in [2.05, 4.69) is 157 Å². The number of benzene rings is 8. The Morgan fingerprint density at radius 1 is 0.341 bits per heavy atom. The van der Waals surface area contributed by atoms with Gasteiger partial charge in [0.05, 0.1) is 0 Å². The van der Waals surface area contributed by atoms with Gasteiger partial charge >= 0.3 is 0 Å². The normalized spacial score (nSPS) is 11.6. The molecule has 206 valence electrons. The van der Waals surface area contributed by atoms with Crippen LogP contribution in [0.2, 0.25) is 0 Å². The minimum atomic E-state index is 0.909. The van der Waals surface area contributed by atoms with E-state index in [1.165, 1.54) is 43.4 Å². The average molecular weight is 562 g/mol. The Morgan fingerprint density at radius 2 is 0.932 bits per heavy atom. The summed E-state index contributed by atoms with van der Waals surface area (Å²) in [4.78, 5) is 2.37. The van der Waals surface area contributed by atoms with Crippen LogP contribution in [0, 0.1) is 0 Å². The summed E-state index contributed by atoms with van der Waals surface area (Å²) in [6.07, 6.45) is 0. The van der Waals surface area contributed by atoms with Crippen LogP contribution in [0.5, 0.6) is 0 Å². The molecule has 2 heteroatoms. The molecular weight excluding hydrogens is 534 g/mol. The van der Waals surface area contributed by atoms with Crippen molar-refractivity contribution in [2.45, 2.75) is 0 Å². The van der Waals surface area contributed by atoms with E-state index in [9.17, 15) is 0 Å². The molecule has 1 aromatic heterocycles. The van der Waals surface area contributed by atoms with E-state index >= 15 is 0 Å². The standard InChI is InChI=1S/C42H27NO/c1-2-8-28(9-3-1)29-16-20-33(21-17-29)43(34-23-24-37-32(26-34)15-14-30-10-4-5-11-36(30)37)35-22-18-31-19-25-41-42(39(31)27-35)38-12-6-7-13-40(38)44-41/h1-27H. The van der Waals surface area contributed by atoms with Crippen molar-refractivity contribution < 1.29 is 4.42 Å². The Morgan fingerprint density at radius 3 is 1.82 bits per heavy atom. The molecule has 2 nitrogen and oxygen atoms in total. The highest BCUT2D eigenvalue weighted by Gasteiger charge is 2.17. The van der Waals surface area contributed by atoms with Gasteiger partial charge < -0.3 is 9.32 Å². The summed E-state index contributed by atoms with van der Waals surface area (Å²) in [5, 5.41) is 9.68. The zero-order valence-corrected chi connectivity index (χ0v) is 23.9. The van der Waals surface area contributed by atoms with Crippen molar-refractivity contribution in [1.29, 1.82) is 0 Å². The fourth-order valence-electron chi connectivity index (χ4n) is 6.69. The summed E-state index contributed by atoms with van der Waals surface area (Å²) < 4.78 is 6.26. The van der Waals surface area contributed by atoms with Crippen LogP contribution in [0.1, 0.15) is 0 Å². The molecule has 0 aliphatic rings. The van der Waals surface area contributed by atoms with Gasteiger partial charge in [-0.3, -0.25) is 0 Å². The molecule has 0 spiro atoms. The Hall–Kier alpha value is -5.86. The fraction of sp³-hybridized carbons (Fsp3) is 0. The third-order valence-electron chi connectivity index (χ3n) is 8.82. The van der Waals surface area contributed by atoms with E-state index in [0.29, 0.717) is 0 Å². The van der Waals surface area contributed by atoms with E-state index in [4.69, 9.17) is 4.42 Å². The Balaban J connectivity index is 1.26. The lowest BCUT2D eigenvalue weighted by Crippen LogP contribution is -2.10. The number of hydrogen-bond donors (Lipinski definition) is 0. The molecule has 0 saturated carbocycles. The van der Waals surface area contributed by atoms with Crippen LogP contribution in [-0.4, -0.2) is 0 Å². The number of hydrogen-bond acceptors (Lipinski definition) is 2. The number of anilines is 3. The average Bonchev–Trinajstić information content (AvgIpc) is 3.48. The second-order valence-corrected chi connectivity index (χ2v) is 11.4. The van der Waals surface area contributed by atoms with Crippen molar-refractivity contribution >= 4 is 71.3 Å². The van der Waals surface area contributed by atoms with Crippen LogP contribution in [-0.2, 0) is 0 Å². The predicted octanol–water partition coefficient (Wildman–Crippen LogP) is 12.2. The Labute approximate surface area is 255 Å². The van der Waals surface area contributed by atoms with Crippen LogP contribution >= 0.6 is 0 Å². The first-order valence-electron chi connectivity index (χ1n) is 15.0. The molecule has 0 atom stereocenters. The summed E-state index contributed by atoms with van der Waals surface area (Å²) in [6.45, 7) is 0. The zero-order chi connectivity index (χ0) is 29.0.